The van der Waals surface area contributed by atoms with Crippen LogP contribution >= 0.6 is 0 Å². The Morgan fingerprint density at radius 1 is 1.13 bits per heavy atom. The number of piperazine rings is 1. The smallest absolute Gasteiger partial charge is 0.354 e. The maximum Gasteiger partial charge on any atom is 0.354 e. The van der Waals surface area contributed by atoms with Gasteiger partial charge >= 0.3 is 5.69 Å². The normalized spacial score (nSPS) is 17.5. The summed E-state index contributed by atoms with van der Waals surface area (Å²) in [7, 11) is 0. The highest BCUT2D eigenvalue weighted by Crippen LogP contribution is 2.36. The van der Waals surface area contributed by atoms with E-state index in [-0.39, 0.29) is 17.6 Å². The first-order valence-electron chi connectivity index (χ1n) is 13.0. The monoisotopic (exact) mass is 509 g/mol. The average Bonchev–Trinajstić information content (AvgIpc) is 3.41. The highest BCUT2D eigenvalue weighted by Gasteiger charge is 2.33. The van der Waals surface area contributed by atoms with Gasteiger partial charge in [-0.15, -0.1) is 0 Å². The minimum absolute atomic E-state index is 0.0242. The van der Waals surface area contributed by atoms with Gasteiger partial charge in [0.05, 0.1) is 35.3 Å². The zero-order valence-electron chi connectivity index (χ0n) is 21.7. The van der Waals surface area contributed by atoms with E-state index in [1.54, 1.807) is 4.57 Å². The quantitative estimate of drug-likeness (QED) is 0.425. The molecule has 0 aliphatic carbocycles. The van der Waals surface area contributed by atoms with Crippen LogP contribution in [0.3, 0.4) is 0 Å². The molecule has 4 aromatic rings. The number of anilines is 2. The highest BCUT2D eigenvalue weighted by molar-refractivity contribution is 5.93. The Hall–Kier alpha value is -4.40. The largest absolute Gasteiger partial charge is 0.365 e. The second-order valence-corrected chi connectivity index (χ2v) is 10.1. The van der Waals surface area contributed by atoms with E-state index < -0.39 is 0 Å². The Balaban J connectivity index is 1.46. The van der Waals surface area contributed by atoms with Gasteiger partial charge in [0, 0.05) is 43.2 Å². The minimum atomic E-state index is -0.290. The Bertz CT molecular complexity index is 1590. The van der Waals surface area contributed by atoms with Gasteiger partial charge in [0.15, 0.2) is 0 Å². The molecule has 1 amide bonds. The van der Waals surface area contributed by atoms with Gasteiger partial charge in [0.2, 0.25) is 5.91 Å². The number of aryl methyl sites for hydroxylation is 1. The van der Waals surface area contributed by atoms with Crippen LogP contribution in [-0.2, 0) is 17.8 Å². The lowest BCUT2D eigenvalue weighted by Gasteiger charge is -2.42. The van der Waals surface area contributed by atoms with Crippen LogP contribution < -0.4 is 15.5 Å². The Morgan fingerprint density at radius 2 is 1.95 bits per heavy atom. The third kappa shape index (κ3) is 3.95. The van der Waals surface area contributed by atoms with Gasteiger partial charge in [-0.1, -0.05) is 30.8 Å². The summed E-state index contributed by atoms with van der Waals surface area (Å²) in [5.41, 5.74) is 5.86. The van der Waals surface area contributed by atoms with E-state index in [1.807, 2.05) is 41.4 Å². The van der Waals surface area contributed by atoms with E-state index in [9.17, 15) is 9.59 Å². The fourth-order valence-corrected chi connectivity index (χ4v) is 5.92. The SMILES string of the molecule is C=CC(=O)N1CCN(c2nc(=O)n(-c3ccccc3)c3c2CCN(c2c(C)ccc4[nH]ncc24)C3)[C@@H](C)C1. The lowest BCUT2D eigenvalue weighted by molar-refractivity contribution is -0.126. The summed E-state index contributed by atoms with van der Waals surface area (Å²) in [6, 6.07) is 13.9. The first kappa shape index (κ1) is 24.0. The molecule has 38 heavy (non-hydrogen) atoms. The zero-order valence-corrected chi connectivity index (χ0v) is 21.7. The molecule has 1 N–H and O–H groups in total. The molecular formula is C29H31N7O2. The van der Waals surface area contributed by atoms with Gasteiger partial charge in [-0.3, -0.25) is 14.5 Å². The first-order chi connectivity index (χ1) is 18.5. The van der Waals surface area contributed by atoms with Crippen LogP contribution in [0.5, 0.6) is 0 Å². The summed E-state index contributed by atoms with van der Waals surface area (Å²) in [6.45, 7) is 10.9. The molecule has 2 aromatic carbocycles. The number of aromatic nitrogens is 4. The molecule has 1 saturated heterocycles. The standard InChI is InChI=1S/C29H31N7O2/c1-4-26(37)33-14-15-35(20(3)17-33)28-22-12-13-34(27-19(2)10-11-24-23(27)16-30-32-24)18-25(22)36(29(38)31-28)21-8-6-5-7-9-21/h4-11,16,20H,1,12-15,17-18H2,2-3H3,(H,30,32)/t20-/m0/s1. The van der Waals surface area contributed by atoms with Crippen LogP contribution in [0.25, 0.3) is 16.6 Å². The Kier molecular flexibility index (Phi) is 5.98. The van der Waals surface area contributed by atoms with Gasteiger partial charge in [0.1, 0.15) is 5.82 Å². The number of carbonyl (C=O) groups is 1. The molecule has 0 spiro atoms. The number of carbonyl (C=O) groups excluding carboxylic acids is 1. The van der Waals surface area contributed by atoms with Crippen molar-refractivity contribution >= 4 is 28.3 Å². The number of para-hydroxylation sites is 1. The molecule has 2 aliphatic rings. The van der Waals surface area contributed by atoms with Crippen LogP contribution in [-0.4, -0.2) is 62.8 Å². The number of fused-ring (bicyclic) bond motifs is 2. The fraction of sp³-hybridized carbons (Fsp3) is 0.310. The maximum absolute atomic E-state index is 13.7. The van der Waals surface area contributed by atoms with Crippen LogP contribution in [0.4, 0.5) is 11.5 Å². The average molecular weight is 510 g/mol. The summed E-state index contributed by atoms with van der Waals surface area (Å²) in [4.78, 5) is 36.9. The third-order valence-corrected chi connectivity index (χ3v) is 7.77. The van der Waals surface area contributed by atoms with Crippen molar-refractivity contribution in [3.63, 3.8) is 0 Å². The molecule has 1 fully saturated rings. The van der Waals surface area contributed by atoms with Crippen LogP contribution in [0.1, 0.15) is 23.7 Å². The van der Waals surface area contributed by atoms with Crippen molar-refractivity contribution in [2.45, 2.75) is 32.9 Å². The summed E-state index contributed by atoms with van der Waals surface area (Å²) >= 11 is 0. The molecule has 0 saturated carbocycles. The molecule has 0 radical (unpaired) electrons. The van der Waals surface area contributed by atoms with Gasteiger partial charge in [0.25, 0.3) is 0 Å². The molecule has 0 unspecified atom stereocenters. The van der Waals surface area contributed by atoms with Crippen molar-refractivity contribution in [3.8, 4) is 5.69 Å². The van der Waals surface area contributed by atoms with Crippen LogP contribution in [0, 0.1) is 6.92 Å². The molecule has 194 valence electrons. The predicted molar refractivity (Wildman–Crippen MR) is 149 cm³/mol. The summed E-state index contributed by atoms with van der Waals surface area (Å²) in [6.07, 6.45) is 3.98. The van der Waals surface area contributed by atoms with Gasteiger partial charge < -0.3 is 14.7 Å². The van der Waals surface area contributed by atoms with E-state index in [2.05, 4.69) is 57.5 Å². The number of benzene rings is 2. The lowest BCUT2D eigenvalue weighted by atomic mass is 10.00. The van der Waals surface area contributed by atoms with Gasteiger partial charge in [-0.2, -0.15) is 10.1 Å². The van der Waals surface area contributed by atoms with E-state index in [4.69, 9.17) is 0 Å². The van der Waals surface area contributed by atoms with Crippen molar-refractivity contribution in [2.75, 3.05) is 36.0 Å². The summed E-state index contributed by atoms with van der Waals surface area (Å²) < 4.78 is 1.76. The molecule has 2 aromatic heterocycles. The highest BCUT2D eigenvalue weighted by atomic mass is 16.2. The predicted octanol–water partition coefficient (Wildman–Crippen LogP) is 3.20. The Morgan fingerprint density at radius 3 is 2.71 bits per heavy atom. The molecule has 9 heteroatoms. The number of nitrogens with zero attached hydrogens (tertiary/aromatic N) is 6. The van der Waals surface area contributed by atoms with E-state index in [0.717, 1.165) is 52.3 Å². The van der Waals surface area contributed by atoms with Crippen molar-refractivity contribution in [1.82, 2.24) is 24.6 Å². The first-order valence-corrected chi connectivity index (χ1v) is 13.0. The van der Waals surface area contributed by atoms with Crippen molar-refractivity contribution in [1.29, 1.82) is 0 Å². The topological polar surface area (TPSA) is 90.4 Å². The molecule has 2 aliphatic heterocycles. The van der Waals surface area contributed by atoms with Crippen LogP contribution in [0.15, 0.2) is 66.1 Å². The second-order valence-electron chi connectivity index (χ2n) is 10.1. The molecule has 1 atom stereocenters. The maximum atomic E-state index is 13.7. The molecule has 9 nitrogen and oxygen atoms in total. The van der Waals surface area contributed by atoms with E-state index >= 15 is 0 Å². The van der Waals surface area contributed by atoms with E-state index in [0.29, 0.717) is 26.2 Å². The molecular weight excluding hydrogens is 478 g/mol. The number of aromatic amines is 1. The zero-order chi connectivity index (χ0) is 26.4. The van der Waals surface area contributed by atoms with Gasteiger partial charge in [-0.05, 0) is 50.1 Å². The third-order valence-electron chi connectivity index (χ3n) is 7.77. The number of hydrogen-bond donors (Lipinski definition) is 1. The van der Waals surface area contributed by atoms with Crippen molar-refractivity contribution in [3.05, 3.63) is 88.6 Å². The lowest BCUT2D eigenvalue weighted by Crippen LogP contribution is -2.54. The van der Waals surface area contributed by atoms with Crippen molar-refractivity contribution in [2.24, 2.45) is 0 Å². The van der Waals surface area contributed by atoms with E-state index in [1.165, 1.54) is 11.6 Å². The van der Waals surface area contributed by atoms with Crippen molar-refractivity contribution < 1.29 is 4.79 Å². The summed E-state index contributed by atoms with van der Waals surface area (Å²) in [5, 5.41) is 8.43. The number of amides is 1. The molecule has 0 bridgehead atoms. The number of H-pyrrole nitrogens is 1. The Labute approximate surface area is 221 Å². The van der Waals surface area contributed by atoms with Gasteiger partial charge in [-0.25, -0.2) is 4.79 Å². The summed E-state index contributed by atoms with van der Waals surface area (Å²) in [5.74, 6) is 0.679. The molecule has 6 rings (SSSR count). The minimum Gasteiger partial charge on any atom is -0.365 e. The second kappa shape index (κ2) is 9.48. The van der Waals surface area contributed by atoms with Crippen LogP contribution in [0.2, 0.25) is 0 Å². The number of hydrogen-bond acceptors (Lipinski definition) is 6. The number of rotatable bonds is 4. The number of nitrogens with one attached hydrogen (secondary N) is 1. The fourth-order valence-electron chi connectivity index (χ4n) is 5.92. The molecule has 4 heterocycles.